The number of nitrogens with two attached hydrogens (primary N) is 1. The van der Waals surface area contributed by atoms with Gasteiger partial charge in [0.25, 0.3) is 5.91 Å². The van der Waals surface area contributed by atoms with Crippen LogP contribution < -0.4 is 20.5 Å². The van der Waals surface area contributed by atoms with Gasteiger partial charge in [0.2, 0.25) is 5.91 Å². The number of hydrogen-bond donors (Lipinski definition) is 3. The maximum absolute atomic E-state index is 15.3. The number of aromatic nitrogens is 3. The molecule has 6 rings (SSSR count). The van der Waals surface area contributed by atoms with Crippen molar-refractivity contribution in [2.75, 3.05) is 20.3 Å². The first-order chi connectivity index (χ1) is 23.0. The SMILES string of the molecule is CCOc1c(CC(N)=O)cc([C@@](O)(CNC(=O)c2cc(OC)c3nn(C4CC4)cc3c2)c2ccccc2)nc1-c1cc(Cl)c(F)cc1F. The molecule has 0 bridgehead atoms. The molecule has 48 heavy (non-hydrogen) atoms. The molecule has 1 fully saturated rings. The molecule has 0 spiro atoms. The van der Waals surface area contributed by atoms with Crippen molar-refractivity contribution in [2.45, 2.75) is 37.8 Å². The molecule has 1 saturated carbocycles. The predicted molar refractivity (Wildman–Crippen MR) is 175 cm³/mol. The number of methoxy groups -OCH3 is 1. The number of benzene rings is 3. The van der Waals surface area contributed by atoms with Crippen LogP contribution in [0, 0.1) is 11.6 Å². The van der Waals surface area contributed by atoms with E-state index in [1.165, 1.54) is 13.2 Å². The molecule has 3 aromatic carbocycles. The number of nitrogens with zero attached hydrogens (tertiary/aromatic N) is 3. The predicted octanol–water partition coefficient (Wildman–Crippen LogP) is 5.47. The highest BCUT2D eigenvalue weighted by Gasteiger charge is 2.36. The fraction of sp³-hybridized carbons (Fsp3) is 0.257. The summed E-state index contributed by atoms with van der Waals surface area (Å²) < 4.78 is 42.7. The van der Waals surface area contributed by atoms with Crippen molar-refractivity contribution < 1.29 is 33.0 Å². The number of primary amides is 1. The number of carbonyl (C=O) groups is 2. The monoisotopic (exact) mass is 675 g/mol. The van der Waals surface area contributed by atoms with Crippen LogP contribution in [0.2, 0.25) is 5.02 Å². The Labute approximate surface area is 279 Å². The van der Waals surface area contributed by atoms with Crippen molar-refractivity contribution in [2.24, 2.45) is 5.73 Å². The summed E-state index contributed by atoms with van der Waals surface area (Å²) in [6.07, 6.45) is 3.58. The molecule has 4 N–H and O–H groups in total. The van der Waals surface area contributed by atoms with Crippen molar-refractivity contribution >= 4 is 34.3 Å². The summed E-state index contributed by atoms with van der Waals surface area (Å²) >= 11 is 6.04. The lowest BCUT2D eigenvalue weighted by Crippen LogP contribution is -2.42. The van der Waals surface area contributed by atoms with E-state index in [0.29, 0.717) is 28.9 Å². The molecule has 5 aromatic rings. The smallest absolute Gasteiger partial charge is 0.251 e. The molecule has 10 nitrogen and oxygen atoms in total. The third-order valence-electron chi connectivity index (χ3n) is 8.14. The zero-order chi connectivity index (χ0) is 34.2. The van der Waals surface area contributed by atoms with Gasteiger partial charge in [-0.3, -0.25) is 14.3 Å². The summed E-state index contributed by atoms with van der Waals surface area (Å²) in [5.74, 6) is -2.82. The van der Waals surface area contributed by atoms with Gasteiger partial charge in [0, 0.05) is 34.3 Å². The van der Waals surface area contributed by atoms with Crippen LogP contribution in [-0.4, -0.2) is 51.9 Å². The molecule has 2 aromatic heterocycles. The Hall–Kier alpha value is -5.07. The molecule has 0 radical (unpaired) electrons. The number of halogens is 3. The van der Waals surface area contributed by atoms with Gasteiger partial charge in [-0.05, 0) is 49.6 Å². The van der Waals surface area contributed by atoms with Crippen LogP contribution >= 0.6 is 11.6 Å². The fourth-order valence-electron chi connectivity index (χ4n) is 5.61. The fourth-order valence-corrected chi connectivity index (χ4v) is 5.77. The van der Waals surface area contributed by atoms with Gasteiger partial charge in [0.1, 0.15) is 39.9 Å². The summed E-state index contributed by atoms with van der Waals surface area (Å²) in [4.78, 5) is 30.5. The highest BCUT2D eigenvalue weighted by molar-refractivity contribution is 6.31. The normalized spacial score (nSPS) is 14.0. The Kier molecular flexibility index (Phi) is 9.04. The Balaban J connectivity index is 1.45. The molecular formula is C35H32ClF2N5O5. The average molecular weight is 676 g/mol. The highest BCUT2D eigenvalue weighted by atomic mass is 35.5. The standard InChI is InChI=1S/C35H32ClF2N5O5/c1-3-48-33-19(14-30(39)44)13-29(41-32(33)24-15-25(36)27(38)16-26(24)37)35(46,22-7-5-4-6-8-22)18-40-34(45)20-11-21-17-43(23-9-10-23)42-31(21)28(12-20)47-2/h4-8,11-13,15-17,23,46H,3,9-10,14,18H2,1-2H3,(H2,39,44)(H,40,45)/t35-/m1/s1. The summed E-state index contributed by atoms with van der Waals surface area (Å²) in [7, 11) is 1.50. The van der Waals surface area contributed by atoms with E-state index in [4.69, 9.17) is 26.8 Å². The average Bonchev–Trinajstić information content (AvgIpc) is 3.84. The maximum atomic E-state index is 15.3. The minimum atomic E-state index is -2.03. The quantitative estimate of drug-likeness (QED) is 0.149. The molecule has 0 unspecified atom stereocenters. The number of hydrogen-bond acceptors (Lipinski definition) is 7. The van der Waals surface area contributed by atoms with Gasteiger partial charge >= 0.3 is 0 Å². The lowest BCUT2D eigenvalue weighted by Gasteiger charge is -2.30. The molecule has 2 heterocycles. The lowest BCUT2D eigenvalue weighted by atomic mass is 9.87. The van der Waals surface area contributed by atoms with E-state index in [1.807, 2.05) is 10.9 Å². The zero-order valence-corrected chi connectivity index (χ0v) is 26.9. The van der Waals surface area contributed by atoms with Gasteiger partial charge in [0.05, 0.1) is 43.4 Å². The number of pyridine rings is 1. The molecule has 1 aliphatic carbocycles. The molecule has 0 aliphatic heterocycles. The third kappa shape index (κ3) is 6.41. The van der Waals surface area contributed by atoms with E-state index < -0.39 is 35.6 Å². The highest BCUT2D eigenvalue weighted by Crippen LogP contribution is 2.40. The van der Waals surface area contributed by atoms with Crippen LogP contribution in [-0.2, 0) is 16.8 Å². The topological polar surface area (TPSA) is 142 Å². The van der Waals surface area contributed by atoms with Crippen molar-refractivity contribution in [3.05, 3.63) is 106 Å². The Morgan fingerprint density at radius 1 is 1.12 bits per heavy atom. The van der Waals surface area contributed by atoms with Crippen molar-refractivity contribution in [1.29, 1.82) is 0 Å². The Morgan fingerprint density at radius 2 is 1.88 bits per heavy atom. The first kappa shape index (κ1) is 32.9. The number of nitrogens with one attached hydrogen (secondary N) is 1. The molecule has 1 aliphatic rings. The minimum Gasteiger partial charge on any atom is -0.494 e. The second-order valence-electron chi connectivity index (χ2n) is 11.5. The number of rotatable bonds is 12. The van der Waals surface area contributed by atoms with Crippen LogP contribution in [0.5, 0.6) is 11.5 Å². The van der Waals surface area contributed by atoms with E-state index in [2.05, 4.69) is 15.4 Å². The van der Waals surface area contributed by atoms with Gasteiger partial charge in [-0.25, -0.2) is 13.8 Å². The van der Waals surface area contributed by atoms with E-state index in [9.17, 15) is 19.1 Å². The summed E-state index contributed by atoms with van der Waals surface area (Å²) in [5.41, 5.74) is 4.51. The van der Waals surface area contributed by atoms with Crippen LogP contribution in [0.1, 0.15) is 53.0 Å². The molecule has 1 atom stereocenters. The number of amides is 2. The summed E-state index contributed by atoms with van der Waals surface area (Å²) in [6, 6.07) is 15.1. The van der Waals surface area contributed by atoms with Crippen LogP contribution in [0.15, 0.2) is 66.9 Å². The van der Waals surface area contributed by atoms with Gasteiger partial charge in [-0.1, -0.05) is 41.9 Å². The summed E-state index contributed by atoms with van der Waals surface area (Å²) in [5, 5.41) is 20.2. The number of ether oxygens (including phenoxy) is 2. The lowest BCUT2D eigenvalue weighted by molar-refractivity contribution is -0.117. The minimum absolute atomic E-state index is 0.00761. The van der Waals surface area contributed by atoms with Crippen molar-refractivity contribution in [3.8, 4) is 22.8 Å². The second kappa shape index (κ2) is 13.2. The van der Waals surface area contributed by atoms with Crippen LogP contribution in [0.25, 0.3) is 22.2 Å². The number of aliphatic hydroxyl groups is 1. The summed E-state index contributed by atoms with van der Waals surface area (Å²) in [6.45, 7) is 1.38. The van der Waals surface area contributed by atoms with E-state index in [1.54, 1.807) is 49.4 Å². The van der Waals surface area contributed by atoms with E-state index in [0.717, 1.165) is 24.3 Å². The van der Waals surface area contributed by atoms with Crippen molar-refractivity contribution in [3.63, 3.8) is 0 Å². The molecule has 13 heteroatoms. The first-order valence-corrected chi connectivity index (χ1v) is 15.6. The number of fused-ring (bicyclic) bond motifs is 1. The van der Waals surface area contributed by atoms with Gasteiger partial charge in [-0.2, -0.15) is 5.10 Å². The largest absolute Gasteiger partial charge is 0.494 e. The zero-order valence-electron chi connectivity index (χ0n) is 26.1. The van der Waals surface area contributed by atoms with E-state index in [-0.39, 0.29) is 51.9 Å². The Morgan fingerprint density at radius 3 is 2.54 bits per heavy atom. The molecule has 248 valence electrons. The van der Waals surface area contributed by atoms with Gasteiger partial charge < -0.3 is 25.6 Å². The van der Waals surface area contributed by atoms with Gasteiger partial charge in [0.15, 0.2) is 0 Å². The van der Waals surface area contributed by atoms with Crippen LogP contribution in [0.3, 0.4) is 0 Å². The second-order valence-corrected chi connectivity index (χ2v) is 11.9. The van der Waals surface area contributed by atoms with Gasteiger partial charge in [-0.15, -0.1) is 0 Å². The van der Waals surface area contributed by atoms with Crippen molar-refractivity contribution in [1.82, 2.24) is 20.1 Å². The first-order valence-electron chi connectivity index (χ1n) is 15.3. The molecule has 0 saturated heterocycles. The van der Waals surface area contributed by atoms with Crippen LogP contribution in [0.4, 0.5) is 8.78 Å². The number of carbonyl (C=O) groups excluding carboxylic acids is 2. The Bertz CT molecular complexity index is 2040. The van der Waals surface area contributed by atoms with E-state index >= 15 is 4.39 Å². The molecule has 2 amide bonds. The third-order valence-corrected chi connectivity index (χ3v) is 8.43. The maximum Gasteiger partial charge on any atom is 0.251 e. The molecular weight excluding hydrogens is 644 g/mol.